The maximum atomic E-state index is 5.47. The number of guanidine groups is 1. The molecular formula is C24H35IN4O2. The largest absolute Gasteiger partial charge is 0.493 e. The van der Waals surface area contributed by atoms with E-state index in [1.807, 2.05) is 19.2 Å². The molecule has 3 rings (SSSR count). The molecular weight excluding hydrogens is 503 g/mol. The number of hydrogen-bond donors (Lipinski definition) is 2. The third kappa shape index (κ3) is 6.41. The van der Waals surface area contributed by atoms with Gasteiger partial charge in [-0.3, -0.25) is 4.99 Å². The molecule has 1 unspecified atom stereocenters. The number of methoxy groups -OCH3 is 2. The fourth-order valence-electron chi connectivity index (χ4n) is 3.80. The summed E-state index contributed by atoms with van der Waals surface area (Å²) in [5.41, 5.74) is 2.35. The van der Waals surface area contributed by atoms with Crippen LogP contribution >= 0.6 is 24.0 Å². The molecule has 1 atom stereocenters. The number of aliphatic imine (C=N–C) groups is 1. The normalized spacial score (nSPS) is 16.5. The van der Waals surface area contributed by atoms with Crippen molar-refractivity contribution < 1.29 is 9.47 Å². The van der Waals surface area contributed by atoms with Gasteiger partial charge < -0.3 is 25.0 Å². The fourth-order valence-corrected chi connectivity index (χ4v) is 3.80. The van der Waals surface area contributed by atoms with Crippen LogP contribution in [-0.2, 0) is 5.41 Å². The van der Waals surface area contributed by atoms with E-state index < -0.39 is 0 Å². The molecule has 7 heteroatoms. The number of nitrogens with zero attached hydrogens (tertiary/aromatic N) is 2. The molecule has 0 aliphatic carbocycles. The predicted molar refractivity (Wildman–Crippen MR) is 140 cm³/mol. The van der Waals surface area contributed by atoms with E-state index in [1.54, 1.807) is 14.2 Å². The standard InChI is InChI=1S/C24H34N4O2.HI/c1-24(2,18-11-12-21(29-4)22(15-18)30-5)17-26-23(25-3)27-19-13-14-28(16-19)20-9-7-6-8-10-20;/h6-12,15,19H,13-14,16-17H2,1-5H3,(H2,25,26,27);1H. The van der Waals surface area contributed by atoms with Crippen molar-refractivity contribution in [1.29, 1.82) is 0 Å². The van der Waals surface area contributed by atoms with Crippen LogP contribution in [0, 0.1) is 0 Å². The van der Waals surface area contributed by atoms with Gasteiger partial charge in [0.25, 0.3) is 0 Å². The minimum absolute atomic E-state index is 0. The number of anilines is 1. The highest BCUT2D eigenvalue weighted by molar-refractivity contribution is 14.0. The molecule has 31 heavy (non-hydrogen) atoms. The van der Waals surface area contributed by atoms with Crippen molar-refractivity contribution in [1.82, 2.24) is 10.6 Å². The van der Waals surface area contributed by atoms with Gasteiger partial charge >= 0.3 is 0 Å². The molecule has 0 bridgehead atoms. The fraction of sp³-hybridized carbons (Fsp3) is 0.458. The smallest absolute Gasteiger partial charge is 0.191 e. The lowest BCUT2D eigenvalue weighted by Gasteiger charge is -2.28. The van der Waals surface area contributed by atoms with Gasteiger partial charge in [-0.05, 0) is 36.2 Å². The first-order valence-electron chi connectivity index (χ1n) is 10.5. The molecule has 1 fully saturated rings. The summed E-state index contributed by atoms with van der Waals surface area (Å²) in [6, 6.07) is 17.0. The molecule has 1 aliphatic heterocycles. The number of hydrogen-bond acceptors (Lipinski definition) is 4. The van der Waals surface area contributed by atoms with Crippen molar-refractivity contribution in [3.63, 3.8) is 0 Å². The minimum Gasteiger partial charge on any atom is -0.493 e. The Labute approximate surface area is 203 Å². The van der Waals surface area contributed by atoms with Gasteiger partial charge in [-0.2, -0.15) is 0 Å². The summed E-state index contributed by atoms with van der Waals surface area (Å²) in [5.74, 6) is 2.33. The van der Waals surface area contributed by atoms with Gasteiger partial charge in [0.15, 0.2) is 17.5 Å². The zero-order valence-electron chi connectivity index (χ0n) is 19.1. The Bertz CT molecular complexity index is 858. The molecule has 1 heterocycles. The predicted octanol–water partition coefficient (Wildman–Crippen LogP) is 4.04. The Hall–Kier alpha value is -2.16. The van der Waals surface area contributed by atoms with Crippen LogP contribution in [0.5, 0.6) is 11.5 Å². The molecule has 6 nitrogen and oxygen atoms in total. The summed E-state index contributed by atoms with van der Waals surface area (Å²) < 4.78 is 10.8. The topological polar surface area (TPSA) is 58.1 Å². The van der Waals surface area contributed by atoms with Crippen LogP contribution < -0.4 is 25.0 Å². The number of benzene rings is 2. The van der Waals surface area contributed by atoms with Crippen molar-refractivity contribution in [2.75, 3.05) is 45.8 Å². The van der Waals surface area contributed by atoms with Crippen molar-refractivity contribution in [3.05, 3.63) is 54.1 Å². The lowest BCUT2D eigenvalue weighted by Crippen LogP contribution is -2.47. The number of nitrogens with one attached hydrogen (secondary N) is 2. The maximum Gasteiger partial charge on any atom is 0.191 e. The van der Waals surface area contributed by atoms with Crippen LogP contribution in [0.2, 0.25) is 0 Å². The summed E-state index contributed by atoms with van der Waals surface area (Å²) in [7, 11) is 5.14. The first-order chi connectivity index (χ1) is 14.5. The molecule has 0 amide bonds. The van der Waals surface area contributed by atoms with Gasteiger partial charge in [0, 0.05) is 43.8 Å². The van der Waals surface area contributed by atoms with Gasteiger partial charge in [0.2, 0.25) is 0 Å². The first-order valence-corrected chi connectivity index (χ1v) is 10.5. The Balaban J connectivity index is 0.00000341. The second-order valence-electron chi connectivity index (χ2n) is 8.29. The third-order valence-electron chi connectivity index (χ3n) is 5.74. The molecule has 0 spiro atoms. The summed E-state index contributed by atoms with van der Waals surface area (Å²) in [4.78, 5) is 6.85. The quantitative estimate of drug-likeness (QED) is 0.317. The average molecular weight is 538 g/mol. The zero-order valence-corrected chi connectivity index (χ0v) is 21.5. The van der Waals surface area contributed by atoms with Gasteiger partial charge in [0.05, 0.1) is 14.2 Å². The van der Waals surface area contributed by atoms with Gasteiger partial charge in [0.1, 0.15) is 0 Å². The summed E-state index contributed by atoms with van der Waals surface area (Å²) in [6.45, 7) is 7.19. The first kappa shape index (κ1) is 25.1. The van der Waals surface area contributed by atoms with Gasteiger partial charge in [-0.15, -0.1) is 24.0 Å². The van der Waals surface area contributed by atoms with E-state index in [4.69, 9.17) is 9.47 Å². The van der Waals surface area contributed by atoms with E-state index in [0.29, 0.717) is 6.04 Å². The second kappa shape index (κ2) is 11.5. The highest BCUT2D eigenvalue weighted by Gasteiger charge is 2.25. The third-order valence-corrected chi connectivity index (χ3v) is 5.74. The van der Waals surface area contributed by atoms with Crippen molar-refractivity contribution in [2.24, 2.45) is 4.99 Å². The van der Waals surface area contributed by atoms with Crippen LogP contribution in [0.25, 0.3) is 0 Å². The molecule has 2 aromatic rings. The Morgan fingerprint density at radius 2 is 1.81 bits per heavy atom. The maximum absolute atomic E-state index is 5.47. The molecule has 0 saturated carbocycles. The molecule has 170 valence electrons. The monoisotopic (exact) mass is 538 g/mol. The summed E-state index contributed by atoms with van der Waals surface area (Å²) >= 11 is 0. The molecule has 0 aromatic heterocycles. The van der Waals surface area contributed by atoms with E-state index in [1.165, 1.54) is 11.3 Å². The van der Waals surface area contributed by atoms with Crippen molar-refractivity contribution in [3.8, 4) is 11.5 Å². The number of rotatable bonds is 7. The molecule has 2 aromatic carbocycles. The second-order valence-corrected chi connectivity index (χ2v) is 8.29. The molecule has 1 saturated heterocycles. The lowest BCUT2D eigenvalue weighted by molar-refractivity contribution is 0.353. The van der Waals surface area contributed by atoms with E-state index in [2.05, 4.69) is 70.8 Å². The van der Waals surface area contributed by atoms with Gasteiger partial charge in [-0.25, -0.2) is 0 Å². The van der Waals surface area contributed by atoms with E-state index in [9.17, 15) is 0 Å². The summed E-state index contributed by atoms with van der Waals surface area (Å²) in [6.07, 6.45) is 1.09. The Morgan fingerprint density at radius 1 is 1.10 bits per heavy atom. The van der Waals surface area contributed by atoms with Crippen LogP contribution in [0.15, 0.2) is 53.5 Å². The van der Waals surface area contributed by atoms with E-state index in [0.717, 1.165) is 43.5 Å². The molecule has 1 aliphatic rings. The Kier molecular flexibility index (Phi) is 9.28. The summed E-state index contributed by atoms with van der Waals surface area (Å²) in [5, 5.41) is 7.09. The van der Waals surface area contributed by atoms with Crippen molar-refractivity contribution in [2.45, 2.75) is 31.7 Å². The van der Waals surface area contributed by atoms with Crippen molar-refractivity contribution >= 4 is 35.6 Å². The van der Waals surface area contributed by atoms with E-state index >= 15 is 0 Å². The van der Waals surface area contributed by atoms with Crippen LogP contribution in [-0.4, -0.2) is 52.9 Å². The zero-order chi connectivity index (χ0) is 21.6. The molecule has 2 N–H and O–H groups in total. The average Bonchev–Trinajstić information content (AvgIpc) is 3.25. The van der Waals surface area contributed by atoms with Gasteiger partial charge in [-0.1, -0.05) is 38.1 Å². The van der Waals surface area contributed by atoms with Crippen LogP contribution in [0.1, 0.15) is 25.8 Å². The van der Waals surface area contributed by atoms with E-state index in [-0.39, 0.29) is 29.4 Å². The number of halogens is 1. The highest BCUT2D eigenvalue weighted by Crippen LogP contribution is 2.32. The highest BCUT2D eigenvalue weighted by atomic mass is 127. The lowest BCUT2D eigenvalue weighted by atomic mass is 9.84. The van der Waals surface area contributed by atoms with Crippen LogP contribution in [0.3, 0.4) is 0 Å². The van der Waals surface area contributed by atoms with Crippen LogP contribution in [0.4, 0.5) is 5.69 Å². The number of ether oxygens (including phenoxy) is 2. The SMILES string of the molecule is CN=C(NCC(C)(C)c1ccc(OC)c(OC)c1)NC1CCN(c2ccccc2)C1.I. The molecule has 0 radical (unpaired) electrons. The Morgan fingerprint density at radius 3 is 2.45 bits per heavy atom. The number of para-hydroxylation sites is 1. The minimum atomic E-state index is -0.108.